The van der Waals surface area contributed by atoms with Gasteiger partial charge in [-0.05, 0) is 30.9 Å². The standard InChI is InChI=1S/C24H32N6O6S/c25-15(7-8-20(26)31)23(34)30-9-3-6-19(30)22(33)28-17(21(32)29-18(12-37)24(35)36)10-13-11-27-16-5-2-1-4-14(13)16/h1-2,4-5,11,15,17-19,27,37H,3,6-10,12,25H2,(H2,26,31)(H,28,33)(H,29,32)(H,35,36). The number of rotatable bonds is 12. The van der Waals surface area contributed by atoms with Gasteiger partial charge in [-0.15, -0.1) is 0 Å². The number of aromatic nitrogens is 1. The van der Waals surface area contributed by atoms with Gasteiger partial charge in [0.15, 0.2) is 0 Å². The van der Waals surface area contributed by atoms with Crippen LogP contribution in [0, 0.1) is 0 Å². The van der Waals surface area contributed by atoms with Gasteiger partial charge in [0.2, 0.25) is 23.6 Å². The number of aromatic amines is 1. The van der Waals surface area contributed by atoms with Crippen molar-refractivity contribution in [2.24, 2.45) is 11.5 Å². The number of aliphatic carboxylic acids is 1. The number of carboxylic acids is 1. The van der Waals surface area contributed by atoms with Crippen LogP contribution in [0.5, 0.6) is 0 Å². The number of carbonyl (C=O) groups is 5. The molecule has 13 heteroatoms. The van der Waals surface area contributed by atoms with Crippen LogP contribution >= 0.6 is 12.6 Å². The summed E-state index contributed by atoms with van der Waals surface area (Å²) in [5.41, 5.74) is 12.7. The number of H-pyrrole nitrogens is 1. The molecule has 0 aliphatic carbocycles. The number of nitrogens with zero attached hydrogens (tertiary/aromatic N) is 1. The molecule has 0 saturated carbocycles. The maximum absolute atomic E-state index is 13.3. The van der Waals surface area contributed by atoms with Crippen LogP contribution in [0.4, 0.5) is 0 Å². The van der Waals surface area contributed by atoms with Gasteiger partial charge in [0.05, 0.1) is 6.04 Å². The molecule has 1 fully saturated rings. The second-order valence-electron chi connectivity index (χ2n) is 9.01. The number of primary amides is 1. The minimum atomic E-state index is -1.25. The van der Waals surface area contributed by atoms with E-state index in [0.29, 0.717) is 19.4 Å². The molecule has 200 valence electrons. The zero-order valence-electron chi connectivity index (χ0n) is 20.2. The summed E-state index contributed by atoms with van der Waals surface area (Å²) in [4.78, 5) is 66.3. The maximum Gasteiger partial charge on any atom is 0.327 e. The summed E-state index contributed by atoms with van der Waals surface area (Å²) in [5.74, 6) is -3.68. The largest absolute Gasteiger partial charge is 0.480 e. The third kappa shape index (κ3) is 7.01. The van der Waals surface area contributed by atoms with Gasteiger partial charge in [0.1, 0.15) is 18.1 Å². The number of amides is 4. The van der Waals surface area contributed by atoms with Crippen LogP contribution in [0.2, 0.25) is 0 Å². The van der Waals surface area contributed by atoms with Gasteiger partial charge in [0, 0.05) is 42.2 Å². The molecule has 2 heterocycles. The highest BCUT2D eigenvalue weighted by Gasteiger charge is 2.38. The first-order chi connectivity index (χ1) is 17.6. The van der Waals surface area contributed by atoms with Crippen molar-refractivity contribution in [3.8, 4) is 0 Å². The number of fused-ring (bicyclic) bond motifs is 1. The van der Waals surface area contributed by atoms with E-state index >= 15 is 0 Å². The normalized spacial score (nSPS) is 17.7. The van der Waals surface area contributed by atoms with Crippen molar-refractivity contribution >= 4 is 53.1 Å². The molecule has 1 aliphatic heterocycles. The minimum Gasteiger partial charge on any atom is -0.480 e. The molecule has 1 aliphatic rings. The minimum absolute atomic E-state index is 0.0552. The van der Waals surface area contributed by atoms with Crippen LogP contribution in [0.1, 0.15) is 31.2 Å². The number of thiol groups is 1. The van der Waals surface area contributed by atoms with Crippen LogP contribution in [-0.4, -0.2) is 81.1 Å². The Balaban J connectivity index is 1.79. The van der Waals surface area contributed by atoms with Crippen molar-refractivity contribution in [3.63, 3.8) is 0 Å². The fraction of sp³-hybridized carbons (Fsp3) is 0.458. The molecule has 1 saturated heterocycles. The second kappa shape index (κ2) is 12.6. The van der Waals surface area contributed by atoms with Crippen molar-refractivity contribution in [2.45, 2.75) is 56.3 Å². The SMILES string of the molecule is NC(=O)CCC(N)C(=O)N1CCCC1C(=O)NC(Cc1c[nH]c2ccccc12)C(=O)NC(CS)C(=O)O. The van der Waals surface area contributed by atoms with Crippen molar-refractivity contribution in [1.29, 1.82) is 0 Å². The number of hydrogen-bond donors (Lipinski definition) is 7. The summed E-state index contributed by atoms with van der Waals surface area (Å²) in [6.07, 6.45) is 2.75. The van der Waals surface area contributed by atoms with E-state index in [1.54, 1.807) is 6.20 Å². The van der Waals surface area contributed by atoms with Gasteiger partial charge < -0.3 is 37.1 Å². The van der Waals surface area contributed by atoms with Crippen molar-refractivity contribution in [3.05, 3.63) is 36.0 Å². The number of likely N-dealkylation sites (tertiary alicyclic amines) is 1. The molecule has 12 nitrogen and oxygen atoms in total. The maximum atomic E-state index is 13.3. The van der Waals surface area contributed by atoms with E-state index in [4.69, 9.17) is 11.5 Å². The summed E-state index contributed by atoms with van der Waals surface area (Å²) < 4.78 is 0. The van der Waals surface area contributed by atoms with Gasteiger partial charge >= 0.3 is 5.97 Å². The van der Waals surface area contributed by atoms with Crippen LogP contribution in [0.15, 0.2) is 30.5 Å². The Bertz CT molecular complexity index is 1170. The predicted molar refractivity (Wildman–Crippen MR) is 138 cm³/mol. The molecule has 4 amide bonds. The Labute approximate surface area is 218 Å². The summed E-state index contributed by atoms with van der Waals surface area (Å²) in [7, 11) is 0. The summed E-state index contributed by atoms with van der Waals surface area (Å²) in [6.45, 7) is 0.307. The number of carbonyl (C=O) groups excluding carboxylic acids is 4. The molecule has 3 rings (SSSR count). The number of carboxylic acid groups (broad SMARTS) is 1. The van der Waals surface area contributed by atoms with E-state index in [9.17, 15) is 29.1 Å². The van der Waals surface area contributed by atoms with E-state index in [-0.39, 0.29) is 25.0 Å². The zero-order chi connectivity index (χ0) is 27.1. The molecule has 0 spiro atoms. The lowest BCUT2D eigenvalue weighted by Gasteiger charge is -2.28. The highest BCUT2D eigenvalue weighted by molar-refractivity contribution is 7.80. The summed E-state index contributed by atoms with van der Waals surface area (Å²) in [6, 6.07) is 3.24. The quantitative estimate of drug-likeness (QED) is 0.175. The van der Waals surface area contributed by atoms with Crippen LogP contribution in [-0.2, 0) is 30.4 Å². The van der Waals surface area contributed by atoms with Crippen LogP contribution < -0.4 is 22.1 Å². The van der Waals surface area contributed by atoms with Crippen LogP contribution in [0.3, 0.4) is 0 Å². The molecule has 4 atom stereocenters. The monoisotopic (exact) mass is 532 g/mol. The summed E-state index contributed by atoms with van der Waals surface area (Å²) in [5, 5.41) is 15.3. The Morgan fingerprint density at radius 2 is 1.89 bits per heavy atom. The topological polar surface area (TPSA) is 201 Å². The van der Waals surface area contributed by atoms with Crippen molar-refractivity contribution in [1.82, 2.24) is 20.5 Å². The molecule has 1 aromatic carbocycles. The molecule has 37 heavy (non-hydrogen) atoms. The first-order valence-corrected chi connectivity index (χ1v) is 12.6. The molecular formula is C24H32N6O6S. The predicted octanol–water partition coefficient (Wildman–Crippen LogP) is -0.722. The van der Waals surface area contributed by atoms with E-state index in [2.05, 4.69) is 28.2 Å². The van der Waals surface area contributed by atoms with Crippen LogP contribution in [0.25, 0.3) is 10.9 Å². The molecule has 4 unspecified atom stereocenters. The Hall–Kier alpha value is -3.58. The highest BCUT2D eigenvalue weighted by Crippen LogP contribution is 2.22. The Kier molecular flexibility index (Phi) is 9.53. The smallest absolute Gasteiger partial charge is 0.327 e. The molecule has 0 radical (unpaired) electrons. The Morgan fingerprint density at radius 1 is 1.16 bits per heavy atom. The van der Waals surface area contributed by atoms with Gasteiger partial charge in [-0.25, -0.2) is 4.79 Å². The van der Waals surface area contributed by atoms with Gasteiger partial charge in [-0.1, -0.05) is 18.2 Å². The van der Waals surface area contributed by atoms with Gasteiger partial charge in [-0.3, -0.25) is 19.2 Å². The highest BCUT2D eigenvalue weighted by atomic mass is 32.1. The number of hydrogen-bond acceptors (Lipinski definition) is 7. The first kappa shape index (κ1) is 28.0. The molecule has 8 N–H and O–H groups in total. The van der Waals surface area contributed by atoms with Crippen molar-refractivity contribution in [2.75, 3.05) is 12.3 Å². The lowest BCUT2D eigenvalue weighted by atomic mass is 10.0. The average molecular weight is 533 g/mol. The third-order valence-electron chi connectivity index (χ3n) is 6.39. The van der Waals surface area contributed by atoms with E-state index in [1.165, 1.54) is 4.90 Å². The number of para-hydroxylation sites is 1. The lowest BCUT2D eigenvalue weighted by molar-refractivity contribution is -0.142. The third-order valence-corrected chi connectivity index (χ3v) is 6.75. The van der Waals surface area contributed by atoms with E-state index in [0.717, 1.165) is 16.5 Å². The van der Waals surface area contributed by atoms with E-state index in [1.807, 2.05) is 24.3 Å². The Morgan fingerprint density at radius 3 is 2.57 bits per heavy atom. The first-order valence-electron chi connectivity index (χ1n) is 12.0. The number of benzene rings is 1. The number of nitrogens with two attached hydrogens (primary N) is 2. The van der Waals surface area contributed by atoms with Gasteiger partial charge in [0.25, 0.3) is 0 Å². The zero-order valence-corrected chi connectivity index (χ0v) is 21.1. The van der Waals surface area contributed by atoms with E-state index < -0.39 is 53.8 Å². The van der Waals surface area contributed by atoms with Gasteiger partial charge in [-0.2, -0.15) is 12.6 Å². The summed E-state index contributed by atoms with van der Waals surface area (Å²) >= 11 is 3.99. The number of nitrogens with one attached hydrogen (secondary N) is 3. The van der Waals surface area contributed by atoms with Crippen molar-refractivity contribution < 1.29 is 29.1 Å². The second-order valence-corrected chi connectivity index (χ2v) is 9.37. The molecular weight excluding hydrogens is 500 g/mol. The molecule has 0 bridgehead atoms. The lowest BCUT2D eigenvalue weighted by Crippen LogP contribution is -2.57. The fourth-order valence-electron chi connectivity index (χ4n) is 4.39. The molecule has 2 aromatic rings. The molecule has 1 aromatic heterocycles. The average Bonchev–Trinajstić information content (AvgIpc) is 3.52. The fourth-order valence-corrected chi connectivity index (χ4v) is 4.64.